The number of aliphatic hydroxyl groups is 1. The molecule has 8 rings (SSSR count). The Morgan fingerprint density at radius 1 is 1.00 bits per heavy atom. The zero-order valence-electron chi connectivity index (χ0n) is 33.5. The third kappa shape index (κ3) is 6.78. The molecule has 12 heteroatoms. The van der Waals surface area contributed by atoms with Gasteiger partial charge in [0.05, 0.1) is 56.6 Å². The minimum Gasteiger partial charge on any atom is -0.497 e. The largest absolute Gasteiger partial charge is 0.497 e. The first-order chi connectivity index (χ1) is 28.1. The number of nitrogens with zero attached hydrogens (tertiary/aromatic N) is 6. The molecule has 5 aromatic rings. The van der Waals surface area contributed by atoms with Gasteiger partial charge in [-0.25, -0.2) is 5.01 Å². The van der Waals surface area contributed by atoms with E-state index < -0.39 is 13.7 Å². The number of hydrazone groups is 1. The fraction of sp³-hybridized carbons (Fsp3) is 0.326. The van der Waals surface area contributed by atoms with Crippen molar-refractivity contribution in [3.63, 3.8) is 0 Å². The molecule has 0 saturated carbocycles. The van der Waals surface area contributed by atoms with Crippen LogP contribution in [-0.2, 0) is 26.5 Å². The Morgan fingerprint density at radius 3 is 2.41 bits per heavy atom. The van der Waals surface area contributed by atoms with Gasteiger partial charge in [0.2, 0.25) is 5.91 Å². The van der Waals surface area contributed by atoms with Crippen LogP contribution >= 0.6 is 0 Å². The first kappa shape index (κ1) is 39.1. The van der Waals surface area contributed by atoms with Crippen LogP contribution in [0.2, 0.25) is 18.6 Å². The summed E-state index contributed by atoms with van der Waals surface area (Å²) < 4.78 is 14.7. The molecule has 11 nitrogen and oxygen atoms in total. The van der Waals surface area contributed by atoms with E-state index in [2.05, 4.69) is 49.0 Å². The van der Waals surface area contributed by atoms with E-state index in [1.807, 2.05) is 102 Å². The summed E-state index contributed by atoms with van der Waals surface area (Å²) in [6.07, 6.45) is 4.75. The van der Waals surface area contributed by atoms with E-state index in [1.54, 1.807) is 18.1 Å². The summed E-state index contributed by atoms with van der Waals surface area (Å²) in [5, 5.41) is 26.9. The van der Waals surface area contributed by atoms with Crippen molar-refractivity contribution >= 4 is 42.2 Å². The first-order valence-corrected chi connectivity index (χ1v) is 23.1. The number of amides is 2. The molecule has 3 aliphatic heterocycles. The predicted octanol–water partition coefficient (Wildman–Crippen LogP) is 6.78. The summed E-state index contributed by atoms with van der Waals surface area (Å²) in [6.45, 7) is 11.6. The van der Waals surface area contributed by atoms with E-state index in [0.717, 1.165) is 33.8 Å². The number of ether oxygens (including phenoxy) is 2. The van der Waals surface area contributed by atoms with Crippen molar-refractivity contribution in [1.29, 1.82) is 0 Å². The molecule has 1 saturated heterocycles. The molecule has 2 amide bonds. The minimum atomic E-state index is -2.43. The zero-order chi connectivity index (χ0) is 40.6. The maximum atomic E-state index is 15.1. The molecular formula is C46H50N6O5Si. The minimum absolute atomic E-state index is 0.0122. The number of hydrogen-bond acceptors (Lipinski definition) is 8. The molecule has 1 N–H and O–H groups in total. The smallest absolute Gasteiger partial charge is 0.264 e. The van der Waals surface area contributed by atoms with Gasteiger partial charge in [-0.1, -0.05) is 109 Å². The van der Waals surface area contributed by atoms with E-state index in [1.165, 1.54) is 10.2 Å². The Balaban J connectivity index is 1.19. The Bertz CT molecular complexity index is 2330. The molecule has 298 valence electrons. The molecule has 0 aliphatic carbocycles. The fourth-order valence-corrected chi connectivity index (χ4v) is 13.6. The topological polar surface area (TPSA) is 122 Å². The van der Waals surface area contributed by atoms with Crippen LogP contribution in [0, 0.1) is 5.92 Å². The van der Waals surface area contributed by atoms with Gasteiger partial charge in [0, 0.05) is 43.6 Å². The van der Waals surface area contributed by atoms with Crippen LogP contribution in [0.15, 0.2) is 127 Å². The van der Waals surface area contributed by atoms with Crippen LogP contribution < -0.4 is 19.8 Å². The summed E-state index contributed by atoms with van der Waals surface area (Å²) in [7, 11) is -0.767. The SMILES string of the molecule is C=CCN1C(=O)[C@@]2(O[C@@H](CCn3cc(C(CO)c4ccccc4)nn3)[C@H]([Si](C)(C)c3ccc(OC)cc3)[C@H]2C)c2cc(N3N=C(c4ccccc4)CCC3=O)ccc21. The number of carbonyl (C=O) groups is 2. The van der Waals surface area contributed by atoms with Gasteiger partial charge < -0.3 is 19.5 Å². The number of hydrogen-bond donors (Lipinski definition) is 1. The Kier molecular flexibility index (Phi) is 10.7. The van der Waals surface area contributed by atoms with Crippen molar-refractivity contribution in [3.8, 4) is 5.75 Å². The second-order valence-electron chi connectivity index (χ2n) is 16.0. The van der Waals surface area contributed by atoms with Crippen molar-refractivity contribution in [2.75, 3.05) is 30.2 Å². The number of aryl methyl sites for hydroxylation is 1. The second kappa shape index (κ2) is 15.9. The van der Waals surface area contributed by atoms with Crippen LogP contribution in [-0.4, -0.2) is 72.1 Å². The van der Waals surface area contributed by atoms with Crippen molar-refractivity contribution < 1.29 is 24.2 Å². The van der Waals surface area contributed by atoms with E-state index >= 15 is 4.79 Å². The van der Waals surface area contributed by atoms with Crippen LogP contribution in [0.1, 0.15) is 54.5 Å². The predicted molar refractivity (Wildman–Crippen MR) is 228 cm³/mol. The van der Waals surface area contributed by atoms with Crippen molar-refractivity contribution in [3.05, 3.63) is 144 Å². The van der Waals surface area contributed by atoms with Gasteiger partial charge >= 0.3 is 0 Å². The molecule has 4 heterocycles. The number of methoxy groups -OCH3 is 1. The lowest BCUT2D eigenvalue weighted by molar-refractivity contribution is -0.145. The molecule has 58 heavy (non-hydrogen) atoms. The number of anilines is 2. The molecule has 1 fully saturated rings. The van der Waals surface area contributed by atoms with Crippen LogP contribution in [0.4, 0.5) is 11.4 Å². The Labute approximate surface area is 340 Å². The Morgan fingerprint density at radius 2 is 1.72 bits per heavy atom. The zero-order valence-corrected chi connectivity index (χ0v) is 34.5. The van der Waals surface area contributed by atoms with Crippen molar-refractivity contribution in [2.45, 2.75) is 69.0 Å². The summed E-state index contributed by atoms with van der Waals surface area (Å²) in [6, 6.07) is 33.8. The van der Waals surface area contributed by atoms with E-state index in [-0.39, 0.29) is 41.9 Å². The first-order valence-electron chi connectivity index (χ1n) is 20.0. The van der Waals surface area contributed by atoms with Gasteiger partial charge in [0.15, 0.2) is 5.60 Å². The van der Waals surface area contributed by atoms with Crippen LogP contribution in [0.25, 0.3) is 0 Å². The molecule has 1 aromatic heterocycles. The van der Waals surface area contributed by atoms with Gasteiger partial charge in [-0.05, 0) is 53.4 Å². The average Bonchev–Trinajstić information content (AvgIpc) is 3.91. The highest BCUT2D eigenvalue weighted by Crippen LogP contribution is 2.60. The number of fused-ring (bicyclic) bond motifs is 2. The molecule has 1 unspecified atom stereocenters. The lowest BCUT2D eigenvalue weighted by atomic mass is 9.82. The highest BCUT2D eigenvalue weighted by molar-refractivity contribution is 6.91. The number of benzene rings is 4. The van der Waals surface area contributed by atoms with Gasteiger partial charge in [0.25, 0.3) is 5.91 Å². The highest BCUT2D eigenvalue weighted by Gasteiger charge is 2.66. The summed E-state index contributed by atoms with van der Waals surface area (Å²) in [5.41, 5.74) is 4.21. The second-order valence-corrected chi connectivity index (χ2v) is 20.7. The van der Waals surface area contributed by atoms with E-state index in [9.17, 15) is 9.90 Å². The quantitative estimate of drug-likeness (QED) is 0.103. The van der Waals surface area contributed by atoms with Crippen molar-refractivity contribution in [1.82, 2.24) is 15.0 Å². The van der Waals surface area contributed by atoms with E-state index in [0.29, 0.717) is 43.7 Å². The normalized spacial score (nSPS) is 22.3. The number of aromatic nitrogens is 3. The third-order valence-electron chi connectivity index (χ3n) is 12.5. The number of aliphatic hydroxyl groups excluding tert-OH is 1. The molecule has 1 spiro atoms. The molecule has 0 radical (unpaired) electrons. The molecular weight excluding hydrogens is 745 g/mol. The van der Waals surface area contributed by atoms with Gasteiger partial charge in [-0.2, -0.15) is 5.10 Å². The maximum absolute atomic E-state index is 15.1. The fourth-order valence-electron chi connectivity index (χ4n) is 9.50. The van der Waals surface area contributed by atoms with Crippen LogP contribution in [0.5, 0.6) is 5.75 Å². The highest BCUT2D eigenvalue weighted by atomic mass is 28.3. The summed E-state index contributed by atoms with van der Waals surface area (Å²) in [5.74, 6) is 0.00455. The summed E-state index contributed by atoms with van der Waals surface area (Å²) in [4.78, 5) is 30.4. The molecule has 0 bridgehead atoms. The van der Waals surface area contributed by atoms with Crippen LogP contribution in [0.3, 0.4) is 0 Å². The lowest BCUT2D eigenvalue weighted by Gasteiger charge is -2.37. The van der Waals surface area contributed by atoms with Gasteiger partial charge in [-0.3, -0.25) is 14.3 Å². The molecule has 5 atom stereocenters. The van der Waals surface area contributed by atoms with Gasteiger partial charge in [-0.15, -0.1) is 11.7 Å². The molecule has 4 aromatic carbocycles. The average molecular weight is 795 g/mol. The standard InChI is InChI=1S/C46H50N6O5Si/c1-6-26-51-41-23-17-34(52-43(54)24-22-39(48-52)33-15-11-8-12-16-33)28-38(41)46(45(51)55)31(2)44(58(4,5)36-20-18-35(56-3)19-21-36)42(57-46)25-27-50-29-40(47-49-50)37(30-53)32-13-9-7-10-14-32/h6-21,23,28-29,31,37,42,44,53H,1,22,24-27,30H2,2-5H3/t31-,37?,42+,44-,46+/m1/s1. The lowest BCUT2D eigenvalue weighted by Crippen LogP contribution is -2.52. The van der Waals surface area contributed by atoms with Crippen molar-refractivity contribution in [2.24, 2.45) is 11.0 Å². The van der Waals surface area contributed by atoms with Gasteiger partial charge in [0.1, 0.15) is 5.75 Å². The monoisotopic (exact) mass is 794 g/mol. The maximum Gasteiger partial charge on any atom is 0.264 e. The number of rotatable bonds is 13. The number of carbonyl (C=O) groups excluding carboxylic acids is 2. The summed E-state index contributed by atoms with van der Waals surface area (Å²) >= 11 is 0. The molecule has 3 aliphatic rings. The van der Waals surface area contributed by atoms with E-state index in [4.69, 9.17) is 14.6 Å². The third-order valence-corrected chi connectivity index (χ3v) is 16.8. The Hall–Kier alpha value is -5.69.